The van der Waals surface area contributed by atoms with Crippen molar-refractivity contribution < 1.29 is 10.0 Å². The van der Waals surface area contributed by atoms with Crippen molar-refractivity contribution in [2.24, 2.45) is 11.8 Å². The highest BCUT2D eigenvalue weighted by Gasteiger charge is 2.32. The standard InChI is InChI=1S/C14H13BO2/c16-15(17)14-9-10-5-1-2-6-11(10)12-7-3-4-8-13(12)14/h1-9,11-12,16-17H. The lowest BCUT2D eigenvalue weighted by atomic mass is 9.63. The summed E-state index contributed by atoms with van der Waals surface area (Å²) in [6.45, 7) is 0. The van der Waals surface area contributed by atoms with Gasteiger partial charge in [0.1, 0.15) is 0 Å². The molecule has 3 heteroatoms. The lowest BCUT2D eigenvalue weighted by molar-refractivity contribution is 0.418. The van der Waals surface area contributed by atoms with Gasteiger partial charge in [0.05, 0.1) is 0 Å². The fraction of sp³-hybridized carbons (Fsp3) is 0.143. The van der Waals surface area contributed by atoms with Gasteiger partial charge >= 0.3 is 7.12 Å². The van der Waals surface area contributed by atoms with Gasteiger partial charge in [-0.15, -0.1) is 0 Å². The van der Waals surface area contributed by atoms with Crippen molar-refractivity contribution in [3.05, 3.63) is 71.3 Å². The molecule has 0 saturated heterocycles. The summed E-state index contributed by atoms with van der Waals surface area (Å²) in [7, 11) is -1.41. The van der Waals surface area contributed by atoms with Gasteiger partial charge in [0.25, 0.3) is 0 Å². The predicted octanol–water partition coefficient (Wildman–Crippen LogP) is 1.72. The van der Waals surface area contributed by atoms with Crippen molar-refractivity contribution >= 4 is 7.12 Å². The maximum atomic E-state index is 9.46. The van der Waals surface area contributed by atoms with Crippen LogP contribution in [0.5, 0.6) is 0 Å². The first-order chi connectivity index (χ1) is 8.27. The third kappa shape index (κ3) is 1.68. The fourth-order valence-corrected chi connectivity index (χ4v) is 2.69. The average Bonchev–Trinajstić information content (AvgIpc) is 2.37. The Hall–Kier alpha value is -1.58. The van der Waals surface area contributed by atoms with Crippen LogP contribution in [-0.4, -0.2) is 17.2 Å². The van der Waals surface area contributed by atoms with E-state index in [4.69, 9.17) is 0 Å². The van der Waals surface area contributed by atoms with Gasteiger partial charge in [-0.2, -0.15) is 0 Å². The van der Waals surface area contributed by atoms with E-state index < -0.39 is 7.12 Å². The first-order valence-electron chi connectivity index (χ1n) is 5.79. The van der Waals surface area contributed by atoms with Crippen molar-refractivity contribution in [3.8, 4) is 0 Å². The summed E-state index contributed by atoms with van der Waals surface area (Å²) in [4.78, 5) is 0. The van der Waals surface area contributed by atoms with Gasteiger partial charge in [-0.25, -0.2) is 0 Å². The molecule has 84 valence electrons. The van der Waals surface area contributed by atoms with E-state index in [9.17, 15) is 10.0 Å². The summed E-state index contributed by atoms with van der Waals surface area (Å²) >= 11 is 0. The molecule has 2 N–H and O–H groups in total. The third-order valence-electron chi connectivity index (χ3n) is 3.49. The molecule has 0 aliphatic heterocycles. The number of hydrogen-bond donors (Lipinski definition) is 2. The molecule has 0 heterocycles. The van der Waals surface area contributed by atoms with Crippen molar-refractivity contribution in [1.82, 2.24) is 0 Å². The predicted molar refractivity (Wildman–Crippen MR) is 68.8 cm³/mol. The van der Waals surface area contributed by atoms with Gasteiger partial charge < -0.3 is 10.0 Å². The molecule has 2 unspecified atom stereocenters. The summed E-state index contributed by atoms with van der Waals surface area (Å²) in [5.41, 5.74) is 2.77. The van der Waals surface area contributed by atoms with Crippen molar-refractivity contribution in [3.63, 3.8) is 0 Å². The Morgan fingerprint density at radius 3 is 2.35 bits per heavy atom. The highest BCUT2D eigenvalue weighted by Crippen LogP contribution is 2.40. The molecule has 0 amide bonds. The summed E-state index contributed by atoms with van der Waals surface area (Å²) in [5, 5.41) is 18.9. The summed E-state index contributed by atoms with van der Waals surface area (Å²) in [6.07, 6.45) is 18.2. The zero-order valence-corrected chi connectivity index (χ0v) is 9.32. The molecule has 3 aliphatic rings. The monoisotopic (exact) mass is 224 g/mol. The lowest BCUT2D eigenvalue weighted by Crippen LogP contribution is -2.27. The van der Waals surface area contributed by atoms with Crippen LogP contribution >= 0.6 is 0 Å². The third-order valence-corrected chi connectivity index (χ3v) is 3.49. The van der Waals surface area contributed by atoms with Crippen LogP contribution in [0.25, 0.3) is 0 Å². The maximum Gasteiger partial charge on any atom is 0.488 e. The Morgan fingerprint density at radius 2 is 1.59 bits per heavy atom. The Kier molecular flexibility index (Phi) is 2.50. The number of hydrogen-bond acceptors (Lipinski definition) is 2. The van der Waals surface area contributed by atoms with Crippen LogP contribution in [0.4, 0.5) is 0 Å². The normalized spacial score (nSPS) is 28.9. The molecule has 0 aromatic carbocycles. The van der Waals surface area contributed by atoms with Crippen LogP contribution in [0.3, 0.4) is 0 Å². The van der Waals surface area contributed by atoms with Gasteiger partial charge in [-0.1, -0.05) is 54.7 Å². The second-order valence-electron chi connectivity index (χ2n) is 4.47. The summed E-state index contributed by atoms with van der Waals surface area (Å²) in [5.74, 6) is 0.539. The largest absolute Gasteiger partial charge is 0.488 e. The van der Waals surface area contributed by atoms with E-state index in [1.807, 2.05) is 42.5 Å². The molecule has 0 bridgehead atoms. The molecule has 0 fully saturated rings. The minimum Gasteiger partial charge on any atom is -0.423 e. The van der Waals surface area contributed by atoms with E-state index in [1.54, 1.807) is 0 Å². The van der Waals surface area contributed by atoms with Gasteiger partial charge in [0.15, 0.2) is 0 Å². The number of fused-ring (bicyclic) bond motifs is 3. The highest BCUT2D eigenvalue weighted by atomic mass is 16.4. The molecule has 3 aliphatic carbocycles. The minimum absolute atomic E-state index is 0.220. The second kappa shape index (κ2) is 4.02. The van der Waals surface area contributed by atoms with Crippen LogP contribution < -0.4 is 0 Å². The number of allylic oxidation sites excluding steroid dienone is 12. The summed E-state index contributed by atoms with van der Waals surface area (Å²) in [6, 6.07) is 0. The Bertz CT molecular complexity index is 518. The van der Waals surface area contributed by atoms with Crippen molar-refractivity contribution in [2.45, 2.75) is 0 Å². The topological polar surface area (TPSA) is 40.5 Å². The van der Waals surface area contributed by atoms with Crippen LogP contribution in [0.1, 0.15) is 0 Å². The van der Waals surface area contributed by atoms with Gasteiger partial charge in [-0.3, -0.25) is 0 Å². The van der Waals surface area contributed by atoms with Crippen LogP contribution in [0.15, 0.2) is 71.3 Å². The van der Waals surface area contributed by atoms with Gasteiger partial charge in [0, 0.05) is 11.8 Å². The number of rotatable bonds is 1. The van der Waals surface area contributed by atoms with Crippen LogP contribution in [0, 0.1) is 11.8 Å². The molecular formula is C14H13BO2. The molecule has 2 nitrogen and oxygen atoms in total. The van der Waals surface area contributed by atoms with E-state index in [0.717, 1.165) is 11.1 Å². The Labute approximate surface area is 101 Å². The quantitative estimate of drug-likeness (QED) is 0.665. The Morgan fingerprint density at radius 1 is 0.882 bits per heavy atom. The molecular weight excluding hydrogens is 211 g/mol. The minimum atomic E-state index is -1.41. The van der Waals surface area contributed by atoms with E-state index >= 15 is 0 Å². The molecule has 0 radical (unpaired) electrons. The molecule has 0 aromatic heterocycles. The zero-order valence-electron chi connectivity index (χ0n) is 9.32. The Balaban J connectivity index is 2.14. The first-order valence-corrected chi connectivity index (χ1v) is 5.79. The molecule has 3 rings (SSSR count). The van der Waals surface area contributed by atoms with Crippen molar-refractivity contribution in [1.29, 1.82) is 0 Å². The van der Waals surface area contributed by atoms with Crippen molar-refractivity contribution in [2.75, 3.05) is 0 Å². The first kappa shape index (κ1) is 10.6. The molecule has 2 atom stereocenters. The van der Waals surface area contributed by atoms with E-state index in [0.29, 0.717) is 11.4 Å². The molecule has 0 spiro atoms. The van der Waals surface area contributed by atoms with Gasteiger partial charge in [0.2, 0.25) is 0 Å². The highest BCUT2D eigenvalue weighted by molar-refractivity contribution is 6.52. The smallest absolute Gasteiger partial charge is 0.423 e. The van der Waals surface area contributed by atoms with Crippen LogP contribution in [-0.2, 0) is 0 Å². The average molecular weight is 224 g/mol. The summed E-state index contributed by atoms with van der Waals surface area (Å²) < 4.78 is 0. The molecule has 0 aromatic rings. The van der Waals surface area contributed by atoms with E-state index in [-0.39, 0.29) is 5.92 Å². The van der Waals surface area contributed by atoms with E-state index in [1.165, 1.54) is 0 Å². The maximum absolute atomic E-state index is 9.46. The molecule has 17 heavy (non-hydrogen) atoms. The SMILES string of the molecule is OB(O)C1=C2C=CC=CC2C2C=CC=CC2=C1. The van der Waals surface area contributed by atoms with Gasteiger partial charge in [-0.05, 0) is 16.6 Å². The van der Waals surface area contributed by atoms with Crippen LogP contribution in [0.2, 0.25) is 0 Å². The lowest BCUT2D eigenvalue weighted by Gasteiger charge is -2.33. The second-order valence-corrected chi connectivity index (χ2v) is 4.47. The fourth-order valence-electron chi connectivity index (χ4n) is 2.69. The molecule has 0 saturated carbocycles. The van der Waals surface area contributed by atoms with E-state index in [2.05, 4.69) is 12.2 Å². The zero-order chi connectivity index (χ0) is 11.8.